The molecule has 1 unspecified atom stereocenters. The largest absolute Gasteiger partial charge is 0.496 e. The van der Waals surface area contributed by atoms with E-state index in [9.17, 15) is 33.2 Å². The van der Waals surface area contributed by atoms with Gasteiger partial charge in [-0.05, 0) is 161 Å². The number of amides is 6. The summed E-state index contributed by atoms with van der Waals surface area (Å²) in [6.07, 6.45) is 5.49. The predicted molar refractivity (Wildman–Crippen MR) is 428 cm³/mol. The van der Waals surface area contributed by atoms with E-state index < -0.39 is 6.04 Å². The molecule has 0 aliphatic rings. The molecule has 0 bridgehead atoms. The number of aromatic nitrogens is 6. The molecule has 598 valence electrons. The Hall–Kier alpha value is -9.94. The SMILES string of the molecule is CCC(C)Cn1nc(C(=O)N[C@H](CC(=O)NC(C)C)CC(C)C)cc1-c1c(OC)cccc1OC.CCC(CC)Cn1nc(C(=O)N[C@H](CC(=O)NC(C)C)CC(C)C)cc1-c1c(OC)cccc1OC.COc1cccc(OC)c1-c1cc(C(=O)N[C@H](CC(=O)Nc2ccc(F)cc2)CC(C)C)nn1CC(C)C. The third-order valence-corrected chi connectivity index (χ3v) is 18.0. The molecule has 3 aromatic heterocycles. The Balaban J connectivity index is 0.000000293. The van der Waals surface area contributed by atoms with E-state index in [0.29, 0.717) is 125 Å². The van der Waals surface area contributed by atoms with Gasteiger partial charge in [-0.15, -0.1) is 0 Å². The number of hydrogen-bond donors (Lipinski definition) is 6. The maximum Gasteiger partial charge on any atom is 0.272 e. The van der Waals surface area contributed by atoms with Crippen molar-refractivity contribution >= 4 is 41.1 Å². The first-order valence-electron chi connectivity index (χ1n) is 38.3. The molecule has 7 rings (SSSR count). The van der Waals surface area contributed by atoms with Crippen molar-refractivity contribution in [2.45, 2.75) is 218 Å². The predicted octanol–water partition coefficient (Wildman–Crippen LogP) is 15.3. The lowest BCUT2D eigenvalue weighted by molar-refractivity contribution is -0.123. The summed E-state index contributed by atoms with van der Waals surface area (Å²) in [5.74, 6) is 3.96. The first-order chi connectivity index (χ1) is 51.8. The standard InChI is InChI=1S/C29H37FN4O4.C28H44N4O4.C27H42N4O4/c1-18(2)14-22(15-27(35)31-21-12-10-20(30)11-13-21)32-29(36)23-16-24(34(33-23)17-19(3)4)28-25(37-5)8-7-9-26(28)38-6;1-9-20(10-2)17-32-23(27-24(35-7)12-11-13-25(27)36-8)16-22(31-32)28(34)30-21(14-18(3)4)15-26(33)29-19(5)6;1-9-19(6)16-31-22(26-23(34-7)11-10-12-24(26)35-8)15-21(30-31)27(33)29-20(13-17(2)3)14-25(32)28-18(4)5/h7-13,16,18-19,22H,14-15,17H2,1-6H3,(H,31,35)(H,32,36);11-13,16,18-21H,9-10,14-15,17H2,1-8H3,(H,29,33)(H,30,34);10-12,15,17-20H,9,13-14,16H2,1-8H3,(H,28,32)(H,29,33)/t22-;21-;19?,20-/m000/s1. The second-order valence-corrected chi connectivity index (χ2v) is 30.0. The van der Waals surface area contributed by atoms with E-state index in [4.69, 9.17) is 33.5 Å². The number of rotatable bonds is 39. The highest BCUT2D eigenvalue weighted by Gasteiger charge is 2.30. The minimum atomic E-state index is -0.414. The molecule has 24 nitrogen and oxygen atoms in total. The van der Waals surface area contributed by atoms with E-state index in [1.165, 1.54) is 24.3 Å². The van der Waals surface area contributed by atoms with Crippen LogP contribution in [0.1, 0.15) is 200 Å². The molecule has 0 fully saturated rings. The molecule has 0 aliphatic carbocycles. The number of ether oxygens (including phenoxy) is 6. The van der Waals surface area contributed by atoms with E-state index in [1.54, 1.807) is 65.5 Å². The Kier molecular flexibility index (Phi) is 36.6. The quantitative estimate of drug-likeness (QED) is 0.0209. The molecule has 0 radical (unpaired) electrons. The van der Waals surface area contributed by atoms with Gasteiger partial charge in [-0.25, -0.2) is 4.39 Å². The van der Waals surface area contributed by atoms with Crippen molar-refractivity contribution in [3.8, 4) is 68.3 Å². The number of methoxy groups -OCH3 is 6. The lowest BCUT2D eigenvalue weighted by Crippen LogP contribution is -2.41. The van der Waals surface area contributed by atoms with Crippen molar-refractivity contribution < 1.29 is 61.6 Å². The monoisotopic (exact) mass is 1510 g/mol. The van der Waals surface area contributed by atoms with E-state index in [0.717, 1.165) is 41.8 Å². The highest BCUT2D eigenvalue weighted by Crippen LogP contribution is 2.42. The zero-order valence-electron chi connectivity index (χ0n) is 68.5. The molecule has 0 saturated heterocycles. The molecular formula is C84H123FN12O12. The molecule has 6 N–H and O–H groups in total. The van der Waals surface area contributed by atoms with Crippen molar-refractivity contribution in [2.24, 2.45) is 35.5 Å². The second-order valence-electron chi connectivity index (χ2n) is 30.0. The summed E-state index contributed by atoms with van der Waals surface area (Å²) in [6.45, 7) is 34.7. The van der Waals surface area contributed by atoms with Crippen molar-refractivity contribution in [2.75, 3.05) is 48.0 Å². The minimum Gasteiger partial charge on any atom is -0.496 e. The van der Waals surface area contributed by atoms with Gasteiger partial charge in [0.2, 0.25) is 17.7 Å². The number of halogens is 1. The van der Waals surface area contributed by atoms with Crippen LogP contribution in [0.5, 0.6) is 34.5 Å². The Bertz CT molecular complexity index is 3960. The molecule has 3 heterocycles. The number of carbonyl (C=O) groups excluding carboxylic acids is 6. The van der Waals surface area contributed by atoms with Crippen molar-refractivity contribution in [3.63, 3.8) is 0 Å². The van der Waals surface area contributed by atoms with Crippen LogP contribution >= 0.6 is 0 Å². The van der Waals surface area contributed by atoms with Gasteiger partial charge in [0, 0.05) is 74.8 Å². The smallest absolute Gasteiger partial charge is 0.272 e. The van der Waals surface area contributed by atoms with Gasteiger partial charge in [0.05, 0.1) is 76.4 Å². The number of hydrogen-bond acceptors (Lipinski definition) is 15. The first-order valence-corrected chi connectivity index (χ1v) is 38.3. The molecule has 0 aliphatic heterocycles. The lowest BCUT2D eigenvalue weighted by Gasteiger charge is -2.20. The van der Waals surface area contributed by atoms with Gasteiger partial charge in [-0.3, -0.25) is 42.8 Å². The molecular weight excluding hydrogens is 1390 g/mol. The number of nitrogens with one attached hydrogen (secondary N) is 6. The van der Waals surface area contributed by atoms with Crippen LogP contribution in [0.3, 0.4) is 0 Å². The van der Waals surface area contributed by atoms with E-state index in [2.05, 4.69) is 111 Å². The topological polar surface area (TPSA) is 283 Å². The van der Waals surface area contributed by atoms with Crippen LogP contribution in [-0.2, 0) is 34.0 Å². The zero-order valence-corrected chi connectivity index (χ0v) is 68.5. The van der Waals surface area contributed by atoms with Crippen LogP contribution in [0.25, 0.3) is 33.8 Å². The maximum absolute atomic E-state index is 13.4. The van der Waals surface area contributed by atoms with Crippen molar-refractivity contribution in [1.29, 1.82) is 0 Å². The fraction of sp³-hybridized carbons (Fsp3) is 0.536. The van der Waals surface area contributed by atoms with Gasteiger partial charge in [0.1, 0.15) is 40.3 Å². The fourth-order valence-corrected chi connectivity index (χ4v) is 12.7. The van der Waals surface area contributed by atoms with Gasteiger partial charge in [0.25, 0.3) is 17.7 Å². The molecule has 0 spiro atoms. The van der Waals surface area contributed by atoms with Gasteiger partial charge in [-0.2, -0.15) is 15.3 Å². The van der Waals surface area contributed by atoms with Gasteiger partial charge >= 0.3 is 0 Å². The van der Waals surface area contributed by atoms with Crippen molar-refractivity contribution in [1.82, 2.24) is 55.9 Å². The number of nitrogens with zero attached hydrogens (tertiary/aromatic N) is 6. The van der Waals surface area contributed by atoms with Crippen LogP contribution in [0.4, 0.5) is 10.1 Å². The fourth-order valence-electron chi connectivity index (χ4n) is 12.7. The number of benzene rings is 4. The van der Waals surface area contributed by atoms with E-state index in [-0.39, 0.29) is 102 Å². The van der Waals surface area contributed by atoms with Crippen LogP contribution in [0.15, 0.2) is 97.1 Å². The summed E-state index contributed by atoms with van der Waals surface area (Å²) in [7, 11) is 9.63. The van der Waals surface area contributed by atoms with Gasteiger partial charge < -0.3 is 60.3 Å². The highest BCUT2D eigenvalue weighted by molar-refractivity contribution is 5.97. The molecule has 4 aromatic carbocycles. The van der Waals surface area contributed by atoms with Gasteiger partial charge in [0.15, 0.2) is 17.1 Å². The minimum absolute atomic E-state index is 0.0482. The first kappa shape index (κ1) is 89.7. The Morgan fingerprint density at radius 1 is 0.385 bits per heavy atom. The van der Waals surface area contributed by atoms with E-state index >= 15 is 0 Å². The average molecular weight is 1510 g/mol. The Morgan fingerprint density at radius 2 is 0.688 bits per heavy atom. The summed E-state index contributed by atoms with van der Waals surface area (Å²) >= 11 is 0. The van der Waals surface area contributed by atoms with Crippen LogP contribution in [0, 0.1) is 41.3 Å². The number of anilines is 1. The van der Waals surface area contributed by atoms with Gasteiger partial charge in [-0.1, -0.05) is 121 Å². The molecule has 6 amide bonds. The second kappa shape index (κ2) is 44.5. The lowest BCUT2D eigenvalue weighted by atomic mass is 10.0. The Morgan fingerprint density at radius 3 is 0.963 bits per heavy atom. The Labute approximate surface area is 645 Å². The number of carbonyl (C=O) groups is 6. The molecule has 25 heteroatoms. The molecule has 7 aromatic rings. The summed E-state index contributed by atoms with van der Waals surface area (Å²) in [6, 6.07) is 26.7. The average Bonchev–Trinajstić information content (AvgIpc) is 1.68. The summed E-state index contributed by atoms with van der Waals surface area (Å²) in [5, 5.41) is 31.7. The third-order valence-electron chi connectivity index (χ3n) is 18.0. The molecule has 109 heavy (non-hydrogen) atoms. The summed E-state index contributed by atoms with van der Waals surface area (Å²) < 4.78 is 52.4. The summed E-state index contributed by atoms with van der Waals surface area (Å²) in [5.41, 5.74) is 5.78. The van der Waals surface area contributed by atoms with Crippen LogP contribution < -0.4 is 60.3 Å². The van der Waals surface area contributed by atoms with E-state index in [1.807, 2.05) is 106 Å². The highest BCUT2D eigenvalue weighted by atomic mass is 19.1. The zero-order chi connectivity index (χ0) is 80.8. The third kappa shape index (κ3) is 27.9. The normalized spacial score (nSPS) is 12.3. The van der Waals surface area contributed by atoms with Crippen molar-refractivity contribution in [3.05, 3.63) is 120 Å². The maximum atomic E-state index is 13.4. The van der Waals surface area contributed by atoms with Crippen LogP contribution in [-0.4, -0.2) is 138 Å². The van der Waals surface area contributed by atoms with Crippen LogP contribution in [0.2, 0.25) is 0 Å². The molecule has 0 saturated carbocycles. The summed E-state index contributed by atoms with van der Waals surface area (Å²) in [4.78, 5) is 77.6. The molecule has 4 atom stereocenters.